The Morgan fingerprint density at radius 3 is 2.85 bits per heavy atom. The molecule has 3 aromatic heterocycles. The SMILES string of the molecule is O=C1CC(c2ccco2)Cc2[nH]c(=O)c(C(=O)NCc3ccccn3)cc21. The monoisotopic (exact) mass is 363 g/mol. The number of carbonyl (C=O) groups is 2. The Bertz CT molecular complexity index is 1040. The van der Waals surface area contributed by atoms with E-state index in [4.69, 9.17) is 4.42 Å². The van der Waals surface area contributed by atoms with Crippen LogP contribution in [-0.4, -0.2) is 21.7 Å². The molecule has 0 saturated carbocycles. The van der Waals surface area contributed by atoms with Gasteiger partial charge in [0.1, 0.15) is 11.3 Å². The summed E-state index contributed by atoms with van der Waals surface area (Å²) in [4.78, 5) is 44.1. The van der Waals surface area contributed by atoms with Crippen LogP contribution >= 0.6 is 0 Å². The van der Waals surface area contributed by atoms with Crippen LogP contribution in [0.2, 0.25) is 0 Å². The first-order chi connectivity index (χ1) is 13.1. The minimum Gasteiger partial charge on any atom is -0.469 e. The topological polar surface area (TPSA) is 105 Å². The lowest BCUT2D eigenvalue weighted by atomic mass is 9.84. The highest BCUT2D eigenvalue weighted by atomic mass is 16.3. The molecule has 4 rings (SSSR count). The van der Waals surface area contributed by atoms with E-state index in [-0.39, 0.29) is 30.2 Å². The molecule has 1 aliphatic rings. The highest BCUT2D eigenvalue weighted by Gasteiger charge is 2.30. The Hall–Kier alpha value is -3.48. The van der Waals surface area contributed by atoms with Crippen molar-refractivity contribution >= 4 is 11.7 Å². The van der Waals surface area contributed by atoms with Gasteiger partial charge in [-0.3, -0.25) is 19.4 Å². The first kappa shape index (κ1) is 17.0. The minimum absolute atomic E-state index is 0.0746. The Balaban J connectivity index is 1.56. The number of pyridine rings is 2. The number of Topliss-reactive ketones (excluding diaryl/α,β-unsaturated/α-hetero) is 1. The Kier molecular flexibility index (Phi) is 4.42. The number of nitrogens with zero attached hydrogens (tertiary/aromatic N) is 1. The van der Waals surface area contributed by atoms with Gasteiger partial charge in [0.2, 0.25) is 0 Å². The second-order valence-electron chi connectivity index (χ2n) is 6.45. The molecule has 3 aromatic rings. The molecule has 3 heterocycles. The molecule has 0 aromatic carbocycles. The van der Waals surface area contributed by atoms with Crippen molar-refractivity contribution in [3.8, 4) is 0 Å². The number of amides is 1. The smallest absolute Gasteiger partial charge is 0.261 e. The molecular formula is C20H17N3O4. The van der Waals surface area contributed by atoms with Crippen LogP contribution in [0.1, 0.15) is 50.2 Å². The zero-order valence-electron chi connectivity index (χ0n) is 14.4. The highest BCUT2D eigenvalue weighted by molar-refractivity contribution is 6.02. The van der Waals surface area contributed by atoms with E-state index in [1.807, 2.05) is 12.1 Å². The van der Waals surface area contributed by atoms with Crippen molar-refractivity contribution in [1.29, 1.82) is 0 Å². The second-order valence-corrected chi connectivity index (χ2v) is 6.45. The molecule has 7 nitrogen and oxygen atoms in total. The van der Waals surface area contributed by atoms with Crippen molar-refractivity contribution in [3.05, 3.63) is 87.5 Å². The van der Waals surface area contributed by atoms with Crippen LogP contribution in [0.25, 0.3) is 0 Å². The van der Waals surface area contributed by atoms with E-state index in [0.29, 0.717) is 29.1 Å². The van der Waals surface area contributed by atoms with E-state index in [1.54, 1.807) is 30.7 Å². The lowest BCUT2D eigenvalue weighted by Gasteiger charge is -2.22. The van der Waals surface area contributed by atoms with Crippen LogP contribution < -0.4 is 10.9 Å². The number of carbonyl (C=O) groups excluding carboxylic acids is 2. The summed E-state index contributed by atoms with van der Waals surface area (Å²) in [5, 5.41) is 2.66. The lowest BCUT2D eigenvalue weighted by Crippen LogP contribution is -2.32. The molecule has 27 heavy (non-hydrogen) atoms. The van der Waals surface area contributed by atoms with Gasteiger partial charge in [0, 0.05) is 29.8 Å². The van der Waals surface area contributed by atoms with Gasteiger partial charge < -0.3 is 14.7 Å². The van der Waals surface area contributed by atoms with Gasteiger partial charge in [-0.15, -0.1) is 0 Å². The Morgan fingerprint density at radius 2 is 2.11 bits per heavy atom. The number of fused-ring (bicyclic) bond motifs is 1. The van der Waals surface area contributed by atoms with E-state index in [2.05, 4.69) is 15.3 Å². The summed E-state index contributed by atoms with van der Waals surface area (Å²) < 4.78 is 5.39. The summed E-state index contributed by atoms with van der Waals surface area (Å²) in [5.74, 6) is -0.0511. The number of rotatable bonds is 4. The maximum Gasteiger partial charge on any atom is 0.261 e. The highest BCUT2D eigenvalue weighted by Crippen LogP contribution is 2.31. The number of H-pyrrole nitrogens is 1. The van der Waals surface area contributed by atoms with E-state index < -0.39 is 11.5 Å². The maximum absolute atomic E-state index is 12.6. The summed E-state index contributed by atoms with van der Waals surface area (Å²) in [6.07, 6.45) is 3.95. The predicted octanol–water partition coefficient (Wildman–Crippen LogP) is 2.21. The van der Waals surface area contributed by atoms with Crippen LogP contribution in [0.3, 0.4) is 0 Å². The molecule has 0 saturated heterocycles. The maximum atomic E-state index is 12.6. The van der Waals surface area contributed by atoms with Crippen LogP contribution in [0.4, 0.5) is 0 Å². The third kappa shape index (κ3) is 3.44. The second kappa shape index (κ2) is 7.03. The van der Waals surface area contributed by atoms with Gasteiger partial charge in [0.15, 0.2) is 5.78 Å². The molecule has 0 spiro atoms. The van der Waals surface area contributed by atoms with E-state index in [1.165, 1.54) is 6.07 Å². The average Bonchev–Trinajstić information content (AvgIpc) is 3.21. The molecule has 2 N–H and O–H groups in total. The predicted molar refractivity (Wildman–Crippen MR) is 96.6 cm³/mol. The summed E-state index contributed by atoms with van der Waals surface area (Å²) in [6, 6.07) is 10.3. The fraction of sp³-hybridized carbons (Fsp3) is 0.200. The van der Waals surface area contributed by atoms with Gasteiger partial charge >= 0.3 is 0 Å². The van der Waals surface area contributed by atoms with Crippen molar-refractivity contribution in [1.82, 2.24) is 15.3 Å². The Labute approximate surface area is 154 Å². The quantitative estimate of drug-likeness (QED) is 0.739. The van der Waals surface area contributed by atoms with Crippen molar-refractivity contribution < 1.29 is 14.0 Å². The largest absolute Gasteiger partial charge is 0.469 e. The number of hydrogen-bond donors (Lipinski definition) is 2. The number of aromatic amines is 1. The summed E-state index contributed by atoms with van der Waals surface area (Å²) in [6.45, 7) is 0.199. The lowest BCUT2D eigenvalue weighted by molar-refractivity contribution is 0.0948. The molecule has 0 aliphatic heterocycles. The van der Waals surface area contributed by atoms with Crippen LogP contribution in [-0.2, 0) is 13.0 Å². The zero-order valence-corrected chi connectivity index (χ0v) is 14.4. The van der Waals surface area contributed by atoms with Gasteiger partial charge in [-0.1, -0.05) is 6.07 Å². The van der Waals surface area contributed by atoms with Crippen molar-refractivity contribution in [2.24, 2.45) is 0 Å². The third-order valence-electron chi connectivity index (χ3n) is 4.65. The summed E-state index contributed by atoms with van der Waals surface area (Å²) in [5.41, 5.74) is 1.02. The van der Waals surface area contributed by atoms with Crippen LogP contribution in [0, 0.1) is 0 Å². The van der Waals surface area contributed by atoms with Gasteiger partial charge in [0.05, 0.1) is 18.5 Å². The van der Waals surface area contributed by atoms with Gasteiger partial charge in [-0.25, -0.2) is 0 Å². The van der Waals surface area contributed by atoms with Crippen molar-refractivity contribution in [2.45, 2.75) is 25.3 Å². The number of furan rings is 1. The number of ketones is 1. The van der Waals surface area contributed by atoms with E-state index in [9.17, 15) is 14.4 Å². The molecule has 0 fully saturated rings. The normalized spacial score (nSPS) is 16.0. The first-order valence-electron chi connectivity index (χ1n) is 8.62. The van der Waals surface area contributed by atoms with Crippen molar-refractivity contribution in [2.75, 3.05) is 0 Å². The fourth-order valence-electron chi connectivity index (χ4n) is 3.29. The molecule has 1 amide bonds. The summed E-state index contributed by atoms with van der Waals surface area (Å²) >= 11 is 0. The molecule has 136 valence electrons. The molecule has 0 bridgehead atoms. The first-order valence-corrected chi connectivity index (χ1v) is 8.62. The Morgan fingerprint density at radius 1 is 1.22 bits per heavy atom. The molecule has 1 unspecified atom stereocenters. The van der Waals surface area contributed by atoms with Gasteiger partial charge in [0.25, 0.3) is 11.5 Å². The molecule has 0 radical (unpaired) electrons. The molecule has 1 aliphatic carbocycles. The standard InChI is InChI=1S/C20H17N3O4/c24-17-9-12(18-5-3-7-27-18)8-16-14(17)10-15(20(26)23-16)19(25)22-11-13-4-1-2-6-21-13/h1-7,10,12H,8-9,11H2,(H,22,25)(H,23,26). The van der Waals surface area contributed by atoms with Crippen molar-refractivity contribution in [3.63, 3.8) is 0 Å². The third-order valence-corrected chi connectivity index (χ3v) is 4.65. The van der Waals surface area contributed by atoms with E-state index in [0.717, 1.165) is 0 Å². The van der Waals surface area contributed by atoms with Gasteiger partial charge in [-0.2, -0.15) is 0 Å². The number of hydrogen-bond acceptors (Lipinski definition) is 5. The van der Waals surface area contributed by atoms with E-state index >= 15 is 0 Å². The number of aromatic nitrogens is 2. The van der Waals surface area contributed by atoms with Crippen LogP contribution in [0.15, 0.2) is 58.1 Å². The zero-order chi connectivity index (χ0) is 18.8. The molecule has 1 atom stereocenters. The van der Waals surface area contributed by atoms with Gasteiger partial charge in [-0.05, 0) is 36.8 Å². The number of nitrogens with one attached hydrogen (secondary N) is 2. The minimum atomic E-state index is -0.536. The molecular weight excluding hydrogens is 346 g/mol. The average molecular weight is 363 g/mol. The molecule has 7 heteroatoms. The summed E-state index contributed by atoms with van der Waals surface area (Å²) in [7, 11) is 0. The van der Waals surface area contributed by atoms with Crippen LogP contribution in [0.5, 0.6) is 0 Å². The fourth-order valence-corrected chi connectivity index (χ4v) is 3.29.